The van der Waals surface area contributed by atoms with E-state index in [-0.39, 0.29) is 17.4 Å². The zero-order valence-electron chi connectivity index (χ0n) is 14.0. The average molecular weight is 367 g/mol. The number of likely N-dealkylation sites (tertiary alicyclic amines) is 1. The number of carbonyl (C=O) groups is 1. The molecule has 1 fully saturated rings. The molecule has 1 aliphatic heterocycles. The number of nitrogens with zero attached hydrogens (tertiary/aromatic N) is 4. The Morgan fingerprint density at radius 2 is 2.27 bits per heavy atom. The highest BCUT2D eigenvalue weighted by Gasteiger charge is 2.28. The van der Waals surface area contributed by atoms with E-state index in [4.69, 9.17) is 0 Å². The molecule has 1 N–H and O–H groups in total. The van der Waals surface area contributed by atoms with E-state index in [1.165, 1.54) is 18.5 Å². The first-order valence-electron chi connectivity index (χ1n) is 8.40. The van der Waals surface area contributed by atoms with Crippen LogP contribution in [0.1, 0.15) is 35.1 Å². The van der Waals surface area contributed by atoms with Crippen molar-refractivity contribution in [1.29, 1.82) is 0 Å². The molecule has 1 amide bonds. The van der Waals surface area contributed by atoms with Gasteiger partial charge in [-0.15, -0.1) is 0 Å². The molecular formula is C18H17N5O2S. The summed E-state index contributed by atoms with van der Waals surface area (Å²) in [6, 6.07) is 3.46. The van der Waals surface area contributed by atoms with Crippen LogP contribution in [0.25, 0.3) is 11.3 Å². The summed E-state index contributed by atoms with van der Waals surface area (Å²) in [5.74, 6) is 0.491. The lowest BCUT2D eigenvalue weighted by Crippen LogP contribution is -2.40. The van der Waals surface area contributed by atoms with E-state index in [2.05, 4.69) is 19.9 Å². The Kier molecular flexibility index (Phi) is 4.57. The quantitative estimate of drug-likeness (QED) is 0.767. The van der Waals surface area contributed by atoms with E-state index in [1.807, 2.05) is 16.8 Å². The van der Waals surface area contributed by atoms with Gasteiger partial charge in [-0.3, -0.25) is 14.6 Å². The second-order valence-corrected chi connectivity index (χ2v) is 6.99. The number of piperidine rings is 1. The standard InChI is InChI=1S/C18H17N5O2S/c24-16-8-14(13-3-7-26-11-13)21-17(22-16)12-2-1-6-23(10-12)18(25)15-9-19-4-5-20-15/h3-5,7-9,11-12H,1-2,6,10H2,(H,21,22,24). The van der Waals surface area contributed by atoms with Crippen LogP contribution in [-0.4, -0.2) is 43.8 Å². The normalized spacial score (nSPS) is 17.2. The van der Waals surface area contributed by atoms with Crippen molar-refractivity contribution in [3.63, 3.8) is 0 Å². The molecule has 4 rings (SSSR count). The molecule has 3 aromatic rings. The van der Waals surface area contributed by atoms with Gasteiger partial charge in [-0.2, -0.15) is 11.3 Å². The summed E-state index contributed by atoms with van der Waals surface area (Å²) in [6.45, 7) is 1.17. The van der Waals surface area contributed by atoms with E-state index in [9.17, 15) is 9.59 Å². The number of rotatable bonds is 3. The SMILES string of the molecule is O=C(c1cnccn1)N1CCCC(c2nc(-c3ccsc3)cc(=O)[nH]2)C1. The van der Waals surface area contributed by atoms with Crippen molar-refractivity contribution in [1.82, 2.24) is 24.8 Å². The molecule has 0 aromatic carbocycles. The maximum Gasteiger partial charge on any atom is 0.274 e. The molecular weight excluding hydrogens is 350 g/mol. The fourth-order valence-electron chi connectivity index (χ4n) is 3.18. The maximum atomic E-state index is 12.6. The van der Waals surface area contributed by atoms with E-state index < -0.39 is 0 Å². The van der Waals surface area contributed by atoms with Gasteiger partial charge in [0, 0.05) is 48.4 Å². The smallest absolute Gasteiger partial charge is 0.274 e. The van der Waals surface area contributed by atoms with Gasteiger partial charge in [0.15, 0.2) is 0 Å². The van der Waals surface area contributed by atoms with Gasteiger partial charge in [0.1, 0.15) is 11.5 Å². The third-order valence-corrected chi connectivity index (χ3v) is 5.14. The van der Waals surface area contributed by atoms with Crippen LogP contribution in [0.3, 0.4) is 0 Å². The zero-order valence-corrected chi connectivity index (χ0v) is 14.8. The first kappa shape index (κ1) is 16.6. The Labute approximate surface area is 153 Å². The van der Waals surface area contributed by atoms with E-state index in [0.29, 0.717) is 30.3 Å². The van der Waals surface area contributed by atoms with Gasteiger partial charge in [-0.1, -0.05) is 0 Å². The lowest BCUT2D eigenvalue weighted by Gasteiger charge is -2.32. The van der Waals surface area contributed by atoms with Crippen molar-refractivity contribution >= 4 is 17.2 Å². The molecule has 0 saturated carbocycles. The Balaban J connectivity index is 1.58. The number of nitrogens with one attached hydrogen (secondary N) is 1. The molecule has 1 saturated heterocycles. The fourth-order valence-corrected chi connectivity index (χ4v) is 3.83. The molecule has 1 aliphatic rings. The molecule has 0 bridgehead atoms. The highest BCUT2D eigenvalue weighted by Crippen LogP contribution is 2.26. The summed E-state index contributed by atoms with van der Waals surface area (Å²) in [5, 5.41) is 3.93. The number of thiophene rings is 1. The number of aromatic nitrogens is 4. The molecule has 7 nitrogen and oxygen atoms in total. The molecule has 1 unspecified atom stereocenters. The minimum absolute atomic E-state index is 0.00402. The van der Waals surface area contributed by atoms with Gasteiger partial charge in [0.2, 0.25) is 0 Å². The Bertz CT molecular complexity index is 955. The predicted molar refractivity (Wildman–Crippen MR) is 98.1 cm³/mol. The summed E-state index contributed by atoms with van der Waals surface area (Å²) < 4.78 is 0. The van der Waals surface area contributed by atoms with Crippen LogP contribution < -0.4 is 5.56 Å². The van der Waals surface area contributed by atoms with Crippen LogP contribution in [0.2, 0.25) is 0 Å². The molecule has 1 atom stereocenters. The van der Waals surface area contributed by atoms with Gasteiger partial charge in [-0.25, -0.2) is 9.97 Å². The van der Waals surface area contributed by atoms with Crippen LogP contribution in [0.4, 0.5) is 0 Å². The second kappa shape index (κ2) is 7.17. The molecule has 0 spiro atoms. The number of H-pyrrole nitrogens is 1. The topological polar surface area (TPSA) is 91.8 Å². The van der Waals surface area contributed by atoms with Crippen LogP contribution in [0.15, 0.2) is 46.3 Å². The Hall–Kier alpha value is -2.87. The number of aromatic amines is 1. The Morgan fingerprint density at radius 1 is 1.35 bits per heavy atom. The third kappa shape index (κ3) is 3.41. The van der Waals surface area contributed by atoms with E-state index in [0.717, 1.165) is 18.4 Å². The third-order valence-electron chi connectivity index (χ3n) is 4.45. The van der Waals surface area contributed by atoms with E-state index >= 15 is 0 Å². The first-order valence-corrected chi connectivity index (χ1v) is 9.34. The predicted octanol–water partition coefficient (Wildman–Crippen LogP) is 2.31. The second-order valence-electron chi connectivity index (χ2n) is 6.21. The molecule has 132 valence electrons. The summed E-state index contributed by atoms with van der Waals surface area (Å²) in [6.07, 6.45) is 6.25. The number of hydrogen-bond donors (Lipinski definition) is 1. The maximum absolute atomic E-state index is 12.6. The van der Waals surface area contributed by atoms with Crippen molar-refractivity contribution in [3.8, 4) is 11.3 Å². The van der Waals surface area contributed by atoms with Gasteiger partial charge >= 0.3 is 0 Å². The van der Waals surface area contributed by atoms with Crippen LogP contribution >= 0.6 is 11.3 Å². The molecule has 0 radical (unpaired) electrons. The number of carbonyl (C=O) groups excluding carboxylic acids is 1. The largest absolute Gasteiger partial charge is 0.337 e. The van der Waals surface area contributed by atoms with Crippen molar-refractivity contribution in [2.75, 3.05) is 13.1 Å². The minimum Gasteiger partial charge on any atom is -0.337 e. The number of hydrogen-bond acceptors (Lipinski definition) is 6. The van der Waals surface area contributed by atoms with Crippen molar-refractivity contribution in [2.24, 2.45) is 0 Å². The van der Waals surface area contributed by atoms with Gasteiger partial charge < -0.3 is 9.88 Å². The van der Waals surface area contributed by atoms with Gasteiger partial charge in [-0.05, 0) is 24.3 Å². The summed E-state index contributed by atoms with van der Waals surface area (Å²) in [4.78, 5) is 42.0. The summed E-state index contributed by atoms with van der Waals surface area (Å²) in [5.41, 5.74) is 1.77. The van der Waals surface area contributed by atoms with E-state index in [1.54, 1.807) is 22.4 Å². The van der Waals surface area contributed by atoms with Crippen LogP contribution in [0, 0.1) is 0 Å². The van der Waals surface area contributed by atoms with Crippen molar-refractivity contribution in [3.05, 3.63) is 63.4 Å². The van der Waals surface area contributed by atoms with Gasteiger partial charge in [0.25, 0.3) is 11.5 Å². The highest BCUT2D eigenvalue weighted by molar-refractivity contribution is 7.08. The average Bonchev–Trinajstić information content (AvgIpc) is 3.23. The van der Waals surface area contributed by atoms with Crippen LogP contribution in [-0.2, 0) is 0 Å². The minimum atomic E-state index is -0.173. The summed E-state index contributed by atoms with van der Waals surface area (Å²) in [7, 11) is 0. The molecule has 3 aromatic heterocycles. The Morgan fingerprint density at radius 3 is 3.04 bits per heavy atom. The highest BCUT2D eigenvalue weighted by atomic mass is 32.1. The molecule has 26 heavy (non-hydrogen) atoms. The summed E-state index contributed by atoms with van der Waals surface area (Å²) >= 11 is 1.57. The van der Waals surface area contributed by atoms with Crippen molar-refractivity contribution < 1.29 is 4.79 Å². The first-order chi connectivity index (χ1) is 12.7. The van der Waals surface area contributed by atoms with Crippen LogP contribution in [0.5, 0.6) is 0 Å². The van der Waals surface area contributed by atoms with Gasteiger partial charge in [0.05, 0.1) is 11.9 Å². The molecule has 0 aliphatic carbocycles. The molecule has 8 heteroatoms. The monoisotopic (exact) mass is 367 g/mol. The number of amides is 1. The lowest BCUT2D eigenvalue weighted by atomic mass is 9.96. The lowest BCUT2D eigenvalue weighted by molar-refractivity contribution is 0.0698. The fraction of sp³-hybridized carbons (Fsp3) is 0.278. The van der Waals surface area contributed by atoms with Crippen molar-refractivity contribution in [2.45, 2.75) is 18.8 Å². The molecule has 4 heterocycles. The zero-order chi connectivity index (χ0) is 17.9.